The Kier molecular flexibility index (Phi) is 9.94. The summed E-state index contributed by atoms with van der Waals surface area (Å²) in [6.07, 6.45) is -0.141. The molecule has 2 amide bonds. The van der Waals surface area contributed by atoms with Crippen LogP contribution in [0.1, 0.15) is 53.5 Å². The highest BCUT2D eigenvalue weighted by molar-refractivity contribution is 5.71. The summed E-state index contributed by atoms with van der Waals surface area (Å²) in [5, 5.41) is 2.78. The summed E-state index contributed by atoms with van der Waals surface area (Å²) in [7, 11) is 0. The number of alkyl carbamates (subject to hydrolysis) is 1. The summed E-state index contributed by atoms with van der Waals surface area (Å²) < 4.78 is 16.8. The van der Waals surface area contributed by atoms with E-state index in [4.69, 9.17) is 14.2 Å². The molecule has 0 bridgehead atoms. The van der Waals surface area contributed by atoms with E-state index in [0.717, 1.165) is 5.56 Å². The summed E-state index contributed by atoms with van der Waals surface area (Å²) in [5.41, 5.74) is -0.187. The third-order valence-corrected chi connectivity index (χ3v) is 5.51. The molecule has 9 heteroatoms. The molecule has 1 aliphatic rings. The van der Waals surface area contributed by atoms with Crippen LogP contribution in [-0.2, 0) is 25.6 Å². The van der Waals surface area contributed by atoms with Gasteiger partial charge in [0.05, 0.1) is 32.7 Å². The van der Waals surface area contributed by atoms with Gasteiger partial charge in [0.25, 0.3) is 0 Å². The zero-order valence-electron chi connectivity index (χ0n) is 22.1. The number of hydrogen-bond donors (Lipinski definition) is 1. The summed E-state index contributed by atoms with van der Waals surface area (Å²) in [5.74, 6) is -0.266. The second-order valence-corrected chi connectivity index (χ2v) is 11.1. The summed E-state index contributed by atoms with van der Waals surface area (Å²) in [6.45, 7) is 14.7. The molecular weight excluding hydrogens is 450 g/mol. The van der Waals surface area contributed by atoms with E-state index in [-0.39, 0.29) is 25.2 Å². The number of benzene rings is 1. The Balaban J connectivity index is 1.91. The van der Waals surface area contributed by atoms with Gasteiger partial charge in [-0.2, -0.15) is 0 Å². The molecule has 0 radical (unpaired) electrons. The minimum absolute atomic E-state index is 0.219. The van der Waals surface area contributed by atoms with Crippen LogP contribution in [0.25, 0.3) is 0 Å². The van der Waals surface area contributed by atoms with E-state index < -0.39 is 17.3 Å². The maximum absolute atomic E-state index is 12.7. The molecule has 0 aliphatic carbocycles. The van der Waals surface area contributed by atoms with Crippen LogP contribution < -0.4 is 5.32 Å². The molecule has 1 N–H and O–H groups in total. The number of carbonyl (C=O) groups is 3. The molecular formula is C26H42N3O6+. The fraction of sp³-hybridized carbons (Fsp3) is 0.654. The van der Waals surface area contributed by atoms with Crippen LogP contribution in [0.3, 0.4) is 0 Å². The third kappa shape index (κ3) is 11.0. The van der Waals surface area contributed by atoms with Gasteiger partial charge in [-0.15, -0.1) is 0 Å². The predicted octanol–water partition coefficient (Wildman–Crippen LogP) is 3.71. The lowest BCUT2D eigenvalue weighted by molar-refractivity contribution is -0.925. The van der Waals surface area contributed by atoms with Gasteiger partial charge in [-0.05, 0) is 47.1 Å². The van der Waals surface area contributed by atoms with Crippen molar-refractivity contribution in [2.75, 3.05) is 45.8 Å². The average molecular weight is 493 g/mol. The van der Waals surface area contributed by atoms with Gasteiger partial charge in [-0.3, -0.25) is 4.90 Å². The molecule has 1 heterocycles. The fourth-order valence-electron chi connectivity index (χ4n) is 3.91. The van der Waals surface area contributed by atoms with E-state index in [1.165, 1.54) is 0 Å². The van der Waals surface area contributed by atoms with Gasteiger partial charge in [0.15, 0.2) is 6.54 Å². The van der Waals surface area contributed by atoms with E-state index in [1.807, 2.05) is 71.9 Å². The van der Waals surface area contributed by atoms with E-state index in [0.29, 0.717) is 50.2 Å². The molecule has 196 valence electrons. The van der Waals surface area contributed by atoms with Crippen LogP contribution >= 0.6 is 0 Å². The molecule has 2 rings (SSSR count). The molecule has 0 unspecified atom stereocenters. The van der Waals surface area contributed by atoms with Crippen LogP contribution in [0.4, 0.5) is 9.59 Å². The van der Waals surface area contributed by atoms with Gasteiger partial charge in [0.2, 0.25) is 0 Å². The Bertz CT molecular complexity index is 837. The highest BCUT2D eigenvalue weighted by atomic mass is 16.6. The topological polar surface area (TPSA) is 94.2 Å². The zero-order chi connectivity index (χ0) is 26.1. The Morgan fingerprint density at radius 3 is 2.11 bits per heavy atom. The lowest BCUT2D eigenvalue weighted by Gasteiger charge is -2.44. The first-order chi connectivity index (χ1) is 16.3. The van der Waals surface area contributed by atoms with Crippen molar-refractivity contribution in [2.45, 2.75) is 65.8 Å². The number of hydrogen-bond acceptors (Lipinski definition) is 6. The van der Waals surface area contributed by atoms with Gasteiger partial charge < -0.3 is 24.0 Å². The first-order valence-corrected chi connectivity index (χ1v) is 12.3. The number of esters is 1. The van der Waals surface area contributed by atoms with Crippen molar-refractivity contribution in [3.8, 4) is 0 Å². The number of nitrogens with one attached hydrogen (secondary N) is 1. The van der Waals surface area contributed by atoms with Crippen molar-refractivity contribution in [2.24, 2.45) is 0 Å². The first kappa shape index (κ1) is 28.4. The molecule has 0 saturated carbocycles. The molecule has 1 aromatic carbocycles. The summed E-state index contributed by atoms with van der Waals surface area (Å²) in [6, 6.07) is 9.56. The Labute approximate surface area is 209 Å². The number of nitrogens with zero attached hydrogens (tertiary/aromatic N) is 2. The third-order valence-electron chi connectivity index (χ3n) is 5.51. The highest BCUT2D eigenvalue weighted by Gasteiger charge is 2.38. The van der Waals surface area contributed by atoms with Gasteiger partial charge in [0.1, 0.15) is 17.8 Å². The van der Waals surface area contributed by atoms with Gasteiger partial charge in [0, 0.05) is 13.0 Å². The Morgan fingerprint density at radius 1 is 0.943 bits per heavy atom. The number of carbonyl (C=O) groups excluding carboxylic acids is 3. The van der Waals surface area contributed by atoms with E-state index in [2.05, 4.69) is 5.32 Å². The van der Waals surface area contributed by atoms with Gasteiger partial charge in [-0.25, -0.2) is 14.4 Å². The second kappa shape index (κ2) is 12.2. The van der Waals surface area contributed by atoms with E-state index in [1.54, 1.807) is 4.90 Å². The SMILES string of the molecule is CC(C)(C)OC(=O)C[N+]1(CCCNC(=O)OC(C)(C)C)CCN(C(=O)OCc2ccccc2)CC1. The van der Waals surface area contributed by atoms with E-state index >= 15 is 0 Å². The molecule has 1 fully saturated rings. The first-order valence-electron chi connectivity index (χ1n) is 12.3. The number of rotatable bonds is 8. The molecule has 9 nitrogen and oxygen atoms in total. The molecule has 1 aliphatic heterocycles. The number of ether oxygens (including phenoxy) is 3. The van der Waals surface area contributed by atoms with E-state index in [9.17, 15) is 14.4 Å². The maximum atomic E-state index is 12.7. The van der Waals surface area contributed by atoms with Crippen molar-refractivity contribution in [3.05, 3.63) is 35.9 Å². The molecule has 0 spiro atoms. The van der Waals surface area contributed by atoms with Crippen LogP contribution in [-0.4, -0.2) is 84.6 Å². The normalized spacial score (nSPS) is 15.8. The molecule has 35 heavy (non-hydrogen) atoms. The van der Waals surface area contributed by atoms with Crippen LogP contribution in [0.2, 0.25) is 0 Å². The quantitative estimate of drug-likeness (QED) is 0.257. The second-order valence-electron chi connectivity index (χ2n) is 11.1. The van der Waals surface area contributed by atoms with Crippen molar-refractivity contribution < 1.29 is 33.1 Å². The minimum Gasteiger partial charge on any atom is -0.456 e. The Hall–Kier alpha value is -2.81. The molecule has 0 aromatic heterocycles. The maximum Gasteiger partial charge on any atom is 0.410 e. The van der Waals surface area contributed by atoms with Crippen LogP contribution in [0.5, 0.6) is 0 Å². The van der Waals surface area contributed by atoms with Crippen molar-refractivity contribution in [3.63, 3.8) is 0 Å². The van der Waals surface area contributed by atoms with Crippen LogP contribution in [0, 0.1) is 0 Å². The lowest BCUT2D eigenvalue weighted by atomic mass is 10.2. The van der Waals surface area contributed by atoms with Crippen molar-refractivity contribution in [1.29, 1.82) is 0 Å². The molecule has 1 aromatic rings. The largest absolute Gasteiger partial charge is 0.456 e. The van der Waals surface area contributed by atoms with Crippen LogP contribution in [0.15, 0.2) is 30.3 Å². The predicted molar refractivity (Wildman–Crippen MR) is 133 cm³/mol. The summed E-state index contributed by atoms with van der Waals surface area (Å²) >= 11 is 0. The monoisotopic (exact) mass is 492 g/mol. The molecule has 1 saturated heterocycles. The smallest absolute Gasteiger partial charge is 0.410 e. The number of amides is 2. The van der Waals surface area contributed by atoms with Crippen molar-refractivity contribution in [1.82, 2.24) is 10.2 Å². The standard InChI is InChI=1S/C26H41N3O6/c1-25(2,3)34-22(30)19-29(16-10-13-27-23(31)35-26(4,5)6)17-14-28(15-18-29)24(32)33-20-21-11-8-7-9-12-21/h7-9,11-12H,10,13-20H2,1-6H3/p+1. The lowest BCUT2D eigenvalue weighted by Crippen LogP contribution is -2.63. The van der Waals surface area contributed by atoms with Gasteiger partial charge in [-0.1, -0.05) is 30.3 Å². The molecule has 0 atom stereocenters. The zero-order valence-corrected chi connectivity index (χ0v) is 22.1. The number of quaternary nitrogens is 1. The van der Waals surface area contributed by atoms with Crippen molar-refractivity contribution >= 4 is 18.2 Å². The fourth-order valence-corrected chi connectivity index (χ4v) is 3.91. The summed E-state index contributed by atoms with van der Waals surface area (Å²) in [4.78, 5) is 38.9. The highest BCUT2D eigenvalue weighted by Crippen LogP contribution is 2.18. The minimum atomic E-state index is -0.567. The average Bonchev–Trinajstić information content (AvgIpc) is 2.74. The Morgan fingerprint density at radius 2 is 1.54 bits per heavy atom. The van der Waals surface area contributed by atoms with Gasteiger partial charge >= 0.3 is 18.2 Å². The number of piperazine rings is 1.